The van der Waals surface area contributed by atoms with Crippen molar-refractivity contribution in [2.45, 2.75) is 26.2 Å². The van der Waals surface area contributed by atoms with Crippen molar-refractivity contribution >= 4 is 5.91 Å². The Labute approximate surface area is 133 Å². The molecule has 2 fully saturated rings. The number of nitrogens with zero attached hydrogens (tertiary/aromatic N) is 2. The van der Waals surface area contributed by atoms with Crippen LogP contribution >= 0.6 is 0 Å². The van der Waals surface area contributed by atoms with Crippen LogP contribution in [-0.4, -0.2) is 55.0 Å². The monoisotopic (exact) mass is 302 g/mol. The highest BCUT2D eigenvalue weighted by molar-refractivity contribution is 5.79. The van der Waals surface area contributed by atoms with E-state index in [-0.39, 0.29) is 0 Å². The molecule has 0 N–H and O–H groups in total. The first-order valence-corrected chi connectivity index (χ1v) is 8.43. The van der Waals surface area contributed by atoms with Crippen LogP contribution in [0.3, 0.4) is 0 Å². The van der Waals surface area contributed by atoms with Gasteiger partial charge in [0.15, 0.2) is 0 Å². The van der Waals surface area contributed by atoms with Crippen molar-refractivity contribution in [2.24, 2.45) is 5.92 Å². The molecule has 1 amide bonds. The van der Waals surface area contributed by atoms with E-state index in [0.717, 1.165) is 51.3 Å². The first-order chi connectivity index (χ1) is 10.7. The minimum Gasteiger partial charge on any atom is -0.492 e. The van der Waals surface area contributed by atoms with Crippen LogP contribution in [0.4, 0.5) is 0 Å². The van der Waals surface area contributed by atoms with Gasteiger partial charge in [-0.25, -0.2) is 0 Å². The molecule has 22 heavy (non-hydrogen) atoms. The third-order valence-electron chi connectivity index (χ3n) is 4.84. The molecule has 0 bridgehead atoms. The molecule has 0 unspecified atom stereocenters. The van der Waals surface area contributed by atoms with Crippen LogP contribution in [0.5, 0.6) is 5.75 Å². The Balaban J connectivity index is 1.35. The van der Waals surface area contributed by atoms with Gasteiger partial charge in [0.25, 0.3) is 0 Å². The Morgan fingerprint density at radius 2 is 1.82 bits per heavy atom. The van der Waals surface area contributed by atoms with Crippen LogP contribution < -0.4 is 4.74 Å². The maximum Gasteiger partial charge on any atom is 0.225 e. The summed E-state index contributed by atoms with van der Waals surface area (Å²) >= 11 is 0. The van der Waals surface area contributed by atoms with Gasteiger partial charge in [0.1, 0.15) is 12.4 Å². The summed E-state index contributed by atoms with van der Waals surface area (Å²) in [5, 5.41) is 0. The number of aryl methyl sites for hydroxylation is 1. The van der Waals surface area contributed by atoms with E-state index < -0.39 is 0 Å². The zero-order valence-corrected chi connectivity index (χ0v) is 13.5. The van der Waals surface area contributed by atoms with Gasteiger partial charge in [0, 0.05) is 38.6 Å². The molecule has 0 spiro atoms. The zero-order chi connectivity index (χ0) is 15.4. The molecule has 0 radical (unpaired) electrons. The fourth-order valence-electron chi connectivity index (χ4n) is 3.03. The van der Waals surface area contributed by atoms with Gasteiger partial charge in [-0.2, -0.15) is 0 Å². The van der Waals surface area contributed by atoms with Gasteiger partial charge in [-0.15, -0.1) is 0 Å². The van der Waals surface area contributed by atoms with Crippen molar-refractivity contribution in [1.82, 2.24) is 9.80 Å². The summed E-state index contributed by atoms with van der Waals surface area (Å²) in [6.45, 7) is 7.40. The van der Waals surface area contributed by atoms with Crippen LogP contribution in [-0.2, 0) is 4.79 Å². The lowest BCUT2D eigenvalue weighted by molar-refractivity contribution is -0.140. The number of carbonyl (C=O) groups excluding carboxylic acids is 1. The lowest BCUT2D eigenvalue weighted by Gasteiger charge is -2.38. The molecule has 0 aromatic heterocycles. The molecule has 4 heteroatoms. The van der Waals surface area contributed by atoms with Crippen molar-refractivity contribution in [2.75, 3.05) is 39.3 Å². The Hall–Kier alpha value is -1.55. The summed E-state index contributed by atoms with van der Waals surface area (Å²) in [5.74, 6) is 1.66. The van der Waals surface area contributed by atoms with Gasteiger partial charge < -0.3 is 9.64 Å². The van der Waals surface area contributed by atoms with Gasteiger partial charge in [0.2, 0.25) is 5.91 Å². The molecule has 1 saturated carbocycles. The molecule has 1 saturated heterocycles. The quantitative estimate of drug-likeness (QED) is 0.837. The van der Waals surface area contributed by atoms with Gasteiger partial charge in [-0.1, -0.05) is 24.1 Å². The average Bonchev–Trinajstić information content (AvgIpc) is 2.48. The molecule has 2 aliphatic rings. The maximum atomic E-state index is 12.2. The Kier molecular flexibility index (Phi) is 4.98. The Morgan fingerprint density at radius 3 is 2.41 bits per heavy atom. The van der Waals surface area contributed by atoms with Crippen molar-refractivity contribution in [3.8, 4) is 5.75 Å². The Morgan fingerprint density at radius 1 is 1.14 bits per heavy atom. The number of hydrogen-bond acceptors (Lipinski definition) is 3. The van der Waals surface area contributed by atoms with E-state index in [1.807, 2.05) is 12.1 Å². The smallest absolute Gasteiger partial charge is 0.225 e. The third-order valence-corrected chi connectivity index (χ3v) is 4.84. The lowest BCUT2D eigenvalue weighted by Crippen LogP contribution is -2.51. The highest BCUT2D eigenvalue weighted by Crippen LogP contribution is 2.28. The first-order valence-electron chi connectivity index (χ1n) is 8.43. The van der Waals surface area contributed by atoms with Crippen molar-refractivity contribution in [3.63, 3.8) is 0 Å². The van der Waals surface area contributed by atoms with Crippen molar-refractivity contribution in [3.05, 3.63) is 29.8 Å². The zero-order valence-electron chi connectivity index (χ0n) is 13.5. The second kappa shape index (κ2) is 7.14. The fourth-order valence-corrected chi connectivity index (χ4v) is 3.03. The molecule has 1 aromatic carbocycles. The van der Waals surface area contributed by atoms with Crippen LogP contribution in [0.15, 0.2) is 24.3 Å². The molecule has 4 nitrogen and oxygen atoms in total. The summed E-state index contributed by atoms with van der Waals surface area (Å²) in [4.78, 5) is 16.6. The van der Waals surface area contributed by atoms with Crippen LogP contribution in [0.25, 0.3) is 0 Å². The number of amides is 1. The minimum atomic E-state index is 0.330. The third kappa shape index (κ3) is 3.80. The first kappa shape index (κ1) is 15.3. The fraction of sp³-hybridized carbons (Fsp3) is 0.611. The normalized spacial score (nSPS) is 19.8. The van der Waals surface area contributed by atoms with E-state index in [1.54, 1.807) is 0 Å². The second-order valence-corrected chi connectivity index (χ2v) is 6.46. The molecule has 1 heterocycles. The van der Waals surface area contributed by atoms with Gasteiger partial charge in [-0.05, 0) is 31.9 Å². The number of rotatable bonds is 5. The lowest BCUT2D eigenvalue weighted by atomic mass is 9.84. The van der Waals surface area contributed by atoms with Crippen LogP contribution in [0.2, 0.25) is 0 Å². The molecule has 1 aliphatic carbocycles. The molecule has 1 aliphatic heterocycles. The molecule has 120 valence electrons. The standard InChI is InChI=1S/C18H26N2O2/c1-15-5-7-17(8-6-15)22-14-13-19-9-11-20(12-10-19)18(21)16-3-2-4-16/h5-8,16H,2-4,9-14H2,1H3. The summed E-state index contributed by atoms with van der Waals surface area (Å²) in [6, 6.07) is 8.18. The average molecular weight is 302 g/mol. The van der Waals surface area contributed by atoms with Gasteiger partial charge in [0.05, 0.1) is 0 Å². The molecular formula is C18H26N2O2. The van der Waals surface area contributed by atoms with Crippen LogP contribution in [0, 0.1) is 12.8 Å². The van der Waals surface area contributed by atoms with E-state index in [1.165, 1.54) is 12.0 Å². The minimum absolute atomic E-state index is 0.330. The molecule has 1 aromatic rings. The van der Waals surface area contributed by atoms with Gasteiger partial charge >= 0.3 is 0 Å². The highest BCUT2D eigenvalue weighted by Gasteiger charge is 2.30. The predicted octanol–water partition coefficient (Wildman–Crippen LogP) is 2.32. The summed E-state index contributed by atoms with van der Waals surface area (Å²) in [7, 11) is 0. The highest BCUT2D eigenvalue weighted by atomic mass is 16.5. The Bertz CT molecular complexity index is 488. The molecular weight excluding hydrogens is 276 g/mol. The van der Waals surface area contributed by atoms with Gasteiger partial charge in [-0.3, -0.25) is 9.69 Å². The number of piperazine rings is 1. The van der Waals surface area contributed by atoms with Crippen molar-refractivity contribution < 1.29 is 9.53 Å². The number of carbonyl (C=O) groups is 1. The summed E-state index contributed by atoms with van der Waals surface area (Å²) in [5.41, 5.74) is 1.25. The van der Waals surface area contributed by atoms with E-state index in [9.17, 15) is 4.79 Å². The number of hydrogen-bond donors (Lipinski definition) is 0. The van der Waals surface area contributed by atoms with E-state index in [2.05, 4.69) is 28.9 Å². The topological polar surface area (TPSA) is 32.8 Å². The summed E-state index contributed by atoms with van der Waals surface area (Å²) in [6.07, 6.45) is 3.43. The predicted molar refractivity (Wildman–Crippen MR) is 87.0 cm³/mol. The largest absolute Gasteiger partial charge is 0.492 e. The molecule has 3 rings (SSSR count). The summed E-state index contributed by atoms with van der Waals surface area (Å²) < 4.78 is 5.78. The maximum absolute atomic E-state index is 12.2. The second-order valence-electron chi connectivity index (χ2n) is 6.46. The van der Waals surface area contributed by atoms with Crippen LogP contribution in [0.1, 0.15) is 24.8 Å². The SMILES string of the molecule is Cc1ccc(OCCN2CCN(C(=O)C3CCC3)CC2)cc1. The number of ether oxygens (including phenoxy) is 1. The van der Waals surface area contributed by atoms with E-state index >= 15 is 0 Å². The molecule has 0 atom stereocenters. The van der Waals surface area contributed by atoms with E-state index in [4.69, 9.17) is 4.74 Å². The number of benzene rings is 1. The van der Waals surface area contributed by atoms with E-state index in [0.29, 0.717) is 18.4 Å². The van der Waals surface area contributed by atoms with Crippen molar-refractivity contribution in [1.29, 1.82) is 0 Å².